The molecule has 0 spiro atoms. The molecule has 0 bridgehead atoms. The number of methoxy groups -OCH3 is 1. The second-order valence-electron chi connectivity index (χ2n) is 5.26. The van der Waals surface area contributed by atoms with Gasteiger partial charge in [0.15, 0.2) is 0 Å². The van der Waals surface area contributed by atoms with Gasteiger partial charge in [-0.3, -0.25) is 0 Å². The zero-order chi connectivity index (χ0) is 13.6. The molecule has 4 heteroatoms. The van der Waals surface area contributed by atoms with Crippen molar-refractivity contribution in [3.63, 3.8) is 0 Å². The second-order valence-corrected chi connectivity index (χ2v) is 6.18. The lowest BCUT2D eigenvalue weighted by atomic mass is 9.89. The van der Waals surface area contributed by atoms with E-state index in [4.69, 9.17) is 10.5 Å². The minimum absolute atomic E-state index is 0.230. The molecule has 3 N–H and O–H groups in total. The molecule has 18 heavy (non-hydrogen) atoms. The van der Waals surface area contributed by atoms with Crippen LogP contribution in [0.2, 0.25) is 0 Å². The predicted octanol–water partition coefficient (Wildman–Crippen LogP) is 2.92. The van der Waals surface area contributed by atoms with E-state index in [0.717, 1.165) is 41.8 Å². The molecule has 102 valence electrons. The average Bonchev–Trinajstić information content (AvgIpc) is 2.29. The van der Waals surface area contributed by atoms with Crippen molar-refractivity contribution in [1.82, 2.24) is 5.32 Å². The number of nitrogens with one attached hydrogen (secondary N) is 1. The molecule has 0 radical (unpaired) electrons. The van der Waals surface area contributed by atoms with Crippen molar-refractivity contribution in [1.29, 1.82) is 0 Å². The maximum Gasteiger partial charge on any atom is 0.123 e. The van der Waals surface area contributed by atoms with Crippen LogP contribution in [0.4, 0.5) is 0 Å². The standard InChI is InChI=1S/C14H23BrN2O/c1-14(2,6-7-16)10-17-9-11-8-12(15)4-5-13(11)18-3/h4-5,8,17H,6-7,9-10,16H2,1-3H3. The summed E-state index contributed by atoms with van der Waals surface area (Å²) in [7, 11) is 1.70. The number of hydrogen-bond acceptors (Lipinski definition) is 3. The molecule has 3 nitrogen and oxygen atoms in total. The molecule has 0 saturated carbocycles. The first-order valence-corrected chi connectivity index (χ1v) is 7.01. The third kappa shape index (κ3) is 4.96. The van der Waals surface area contributed by atoms with E-state index in [1.54, 1.807) is 7.11 Å². The highest BCUT2D eigenvalue weighted by Crippen LogP contribution is 2.23. The fourth-order valence-electron chi connectivity index (χ4n) is 1.90. The summed E-state index contributed by atoms with van der Waals surface area (Å²) in [4.78, 5) is 0. The Labute approximate surface area is 118 Å². The van der Waals surface area contributed by atoms with E-state index in [0.29, 0.717) is 0 Å². The van der Waals surface area contributed by atoms with Gasteiger partial charge in [-0.05, 0) is 36.6 Å². The van der Waals surface area contributed by atoms with E-state index >= 15 is 0 Å². The zero-order valence-electron chi connectivity index (χ0n) is 11.4. The van der Waals surface area contributed by atoms with Crippen LogP contribution in [0.5, 0.6) is 5.75 Å². The van der Waals surface area contributed by atoms with Crippen LogP contribution in [0.25, 0.3) is 0 Å². The Balaban J connectivity index is 2.55. The molecule has 0 aliphatic heterocycles. The van der Waals surface area contributed by atoms with Crippen LogP contribution in [0.3, 0.4) is 0 Å². The highest BCUT2D eigenvalue weighted by atomic mass is 79.9. The first kappa shape index (κ1) is 15.5. The minimum Gasteiger partial charge on any atom is -0.496 e. The molecule has 0 aromatic heterocycles. The molecule has 0 heterocycles. The van der Waals surface area contributed by atoms with E-state index in [-0.39, 0.29) is 5.41 Å². The number of ether oxygens (including phenoxy) is 1. The Morgan fingerprint density at radius 1 is 1.39 bits per heavy atom. The summed E-state index contributed by atoms with van der Waals surface area (Å²) in [5.74, 6) is 0.919. The van der Waals surface area contributed by atoms with E-state index in [1.165, 1.54) is 0 Å². The molecule has 1 aromatic carbocycles. The van der Waals surface area contributed by atoms with Crippen molar-refractivity contribution in [2.45, 2.75) is 26.8 Å². The maximum absolute atomic E-state index is 5.61. The fourth-order valence-corrected chi connectivity index (χ4v) is 2.31. The third-order valence-electron chi connectivity index (χ3n) is 2.98. The van der Waals surface area contributed by atoms with Crippen molar-refractivity contribution in [2.75, 3.05) is 20.2 Å². The lowest BCUT2D eigenvalue weighted by Gasteiger charge is -2.24. The third-order valence-corrected chi connectivity index (χ3v) is 3.48. The quantitative estimate of drug-likeness (QED) is 0.813. The van der Waals surface area contributed by atoms with Gasteiger partial charge in [0.2, 0.25) is 0 Å². The summed E-state index contributed by atoms with van der Waals surface area (Å²) in [6, 6.07) is 6.05. The average molecular weight is 315 g/mol. The molecule has 0 fully saturated rings. The van der Waals surface area contributed by atoms with Crippen LogP contribution in [-0.4, -0.2) is 20.2 Å². The second kappa shape index (κ2) is 7.12. The van der Waals surface area contributed by atoms with Gasteiger partial charge in [-0.15, -0.1) is 0 Å². The molecule has 0 aliphatic carbocycles. The van der Waals surface area contributed by atoms with Crippen molar-refractivity contribution in [3.8, 4) is 5.75 Å². The number of benzene rings is 1. The van der Waals surface area contributed by atoms with E-state index < -0.39 is 0 Å². The molecule has 1 rings (SSSR count). The fraction of sp³-hybridized carbons (Fsp3) is 0.571. The van der Waals surface area contributed by atoms with Gasteiger partial charge in [0.05, 0.1) is 7.11 Å². The SMILES string of the molecule is COc1ccc(Br)cc1CNCC(C)(C)CCN. The van der Waals surface area contributed by atoms with Gasteiger partial charge in [0.25, 0.3) is 0 Å². The molecule has 0 amide bonds. The largest absolute Gasteiger partial charge is 0.496 e. The van der Waals surface area contributed by atoms with Crippen molar-refractivity contribution < 1.29 is 4.74 Å². The lowest BCUT2D eigenvalue weighted by molar-refractivity contribution is 0.317. The highest BCUT2D eigenvalue weighted by Gasteiger charge is 2.16. The van der Waals surface area contributed by atoms with Gasteiger partial charge in [0.1, 0.15) is 5.75 Å². The van der Waals surface area contributed by atoms with Crippen LogP contribution in [0, 0.1) is 5.41 Å². The summed E-state index contributed by atoms with van der Waals surface area (Å²) in [6.45, 7) is 6.93. The van der Waals surface area contributed by atoms with Gasteiger partial charge in [-0.25, -0.2) is 0 Å². The molecule has 0 atom stereocenters. The number of hydrogen-bond donors (Lipinski definition) is 2. The molecule has 0 saturated heterocycles. The summed E-state index contributed by atoms with van der Waals surface area (Å²) in [6.07, 6.45) is 1.02. The van der Waals surface area contributed by atoms with Gasteiger partial charge >= 0.3 is 0 Å². The molecular formula is C14H23BrN2O. The monoisotopic (exact) mass is 314 g/mol. The number of rotatable bonds is 7. The first-order chi connectivity index (χ1) is 8.48. The molecular weight excluding hydrogens is 292 g/mol. The van der Waals surface area contributed by atoms with E-state index in [9.17, 15) is 0 Å². The molecule has 1 aromatic rings. The van der Waals surface area contributed by atoms with Crippen molar-refractivity contribution in [2.24, 2.45) is 11.1 Å². The predicted molar refractivity (Wildman–Crippen MR) is 79.9 cm³/mol. The summed E-state index contributed by atoms with van der Waals surface area (Å²) in [5.41, 5.74) is 7.00. The zero-order valence-corrected chi connectivity index (χ0v) is 13.0. The minimum atomic E-state index is 0.230. The van der Waals surface area contributed by atoms with Gasteiger partial charge in [0, 0.05) is 23.1 Å². The smallest absolute Gasteiger partial charge is 0.123 e. The topological polar surface area (TPSA) is 47.3 Å². The summed E-state index contributed by atoms with van der Waals surface area (Å²) >= 11 is 3.48. The van der Waals surface area contributed by atoms with Crippen LogP contribution < -0.4 is 15.8 Å². The Morgan fingerprint density at radius 3 is 2.72 bits per heavy atom. The number of halogens is 1. The highest BCUT2D eigenvalue weighted by molar-refractivity contribution is 9.10. The molecule has 0 aliphatic rings. The Hall–Kier alpha value is -0.580. The van der Waals surface area contributed by atoms with Gasteiger partial charge in [-0.2, -0.15) is 0 Å². The van der Waals surface area contributed by atoms with Gasteiger partial charge in [-0.1, -0.05) is 29.8 Å². The lowest BCUT2D eigenvalue weighted by Crippen LogP contribution is -2.31. The van der Waals surface area contributed by atoms with Crippen LogP contribution in [-0.2, 0) is 6.54 Å². The van der Waals surface area contributed by atoms with Crippen molar-refractivity contribution in [3.05, 3.63) is 28.2 Å². The first-order valence-electron chi connectivity index (χ1n) is 6.22. The summed E-state index contributed by atoms with van der Waals surface area (Å²) in [5, 5.41) is 3.47. The van der Waals surface area contributed by atoms with E-state index in [1.807, 2.05) is 12.1 Å². The number of nitrogens with two attached hydrogens (primary N) is 1. The Bertz CT molecular complexity index is 380. The Kier molecular flexibility index (Phi) is 6.12. The van der Waals surface area contributed by atoms with Crippen molar-refractivity contribution >= 4 is 15.9 Å². The Morgan fingerprint density at radius 2 is 2.11 bits per heavy atom. The summed E-state index contributed by atoms with van der Waals surface area (Å²) < 4.78 is 6.42. The van der Waals surface area contributed by atoms with E-state index in [2.05, 4.69) is 41.2 Å². The molecule has 0 unspecified atom stereocenters. The van der Waals surface area contributed by atoms with Crippen LogP contribution in [0.1, 0.15) is 25.8 Å². The van der Waals surface area contributed by atoms with Gasteiger partial charge < -0.3 is 15.8 Å². The maximum atomic E-state index is 5.61. The van der Waals surface area contributed by atoms with Crippen LogP contribution in [0.15, 0.2) is 22.7 Å². The van der Waals surface area contributed by atoms with Crippen LogP contribution >= 0.6 is 15.9 Å². The normalized spacial score (nSPS) is 11.6.